The van der Waals surface area contributed by atoms with E-state index in [0.717, 1.165) is 29.6 Å². The molecule has 1 aliphatic heterocycles. The lowest BCUT2D eigenvalue weighted by Crippen LogP contribution is -2.49. The second-order valence-corrected chi connectivity index (χ2v) is 8.03. The molecule has 1 fully saturated rings. The van der Waals surface area contributed by atoms with E-state index in [9.17, 15) is 10.1 Å². The molecule has 2 aromatic heterocycles. The Kier molecular flexibility index (Phi) is 6.57. The van der Waals surface area contributed by atoms with E-state index >= 15 is 0 Å². The first-order chi connectivity index (χ1) is 15.6. The molecule has 4 rings (SSSR count). The number of anilines is 1. The highest BCUT2D eigenvalue weighted by molar-refractivity contribution is 5.96. The number of carbonyl (C=O) groups excluding carboxylic acids is 1. The number of ether oxygens (including phenoxy) is 1. The van der Waals surface area contributed by atoms with Crippen LogP contribution in [-0.2, 0) is 0 Å². The standard InChI is InChI=1S/C24H27N5O3/c1-27(2)10-6-16-32-23-19(17-25)22(18-7-3-4-8-20(18)26-23)28-11-13-29(14-12-28)24(30)21-9-5-15-31-21/h3-5,7-9,15H,6,10-14,16H2,1-2H3. The van der Waals surface area contributed by atoms with Crippen LogP contribution < -0.4 is 9.64 Å². The predicted octanol–water partition coefficient (Wildman–Crippen LogP) is 2.99. The summed E-state index contributed by atoms with van der Waals surface area (Å²) in [6.07, 6.45) is 2.35. The summed E-state index contributed by atoms with van der Waals surface area (Å²) < 4.78 is 11.2. The van der Waals surface area contributed by atoms with Crippen molar-refractivity contribution in [1.29, 1.82) is 5.26 Å². The zero-order chi connectivity index (χ0) is 22.5. The molecule has 0 spiro atoms. The van der Waals surface area contributed by atoms with Crippen molar-refractivity contribution in [3.63, 3.8) is 0 Å². The van der Waals surface area contributed by atoms with Crippen molar-refractivity contribution in [3.05, 3.63) is 54.0 Å². The Morgan fingerprint density at radius 1 is 1.19 bits per heavy atom. The topological polar surface area (TPSA) is 85.8 Å². The van der Waals surface area contributed by atoms with Crippen LogP contribution in [0.5, 0.6) is 5.88 Å². The van der Waals surface area contributed by atoms with Crippen LogP contribution in [0.1, 0.15) is 22.5 Å². The number of pyridine rings is 1. The highest BCUT2D eigenvalue weighted by atomic mass is 16.5. The molecule has 1 amide bonds. The second kappa shape index (κ2) is 9.71. The van der Waals surface area contributed by atoms with Gasteiger partial charge in [0.2, 0.25) is 5.88 Å². The fourth-order valence-electron chi connectivity index (χ4n) is 3.95. The van der Waals surface area contributed by atoms with Gasteiger partial charge in [0, 0.05) is 38.1 Å². The van der Waals surface area contributed by atoms with Gasteiger partial charge in [0.05, 0.1) is 24.1 Å². The number of furan rings is 1. The zero-order valence-corrected chi connectivity index (χ0v) is 18.5. The van der Waals surface area contributed by atoms with Crippen LogP contribution in [0.2, 0.25) is 0 Å². The van der Waals surface area contributed by atoms with Crippen molar-refractivity contribution in [1.82, 2.24) is 14.8 Å². The molecule has 0 unspecified atom stereocenters. The molecule has 0 aliphatic carbocycles. The van der Waals surface area contributed by atoms with Crippen LogP contribution in [0.15, 0.2) is 47.1 Å². The summed E-state index contributed by atoms with van der Waals surface area (Å²) in [5, 5.41) is 10.9. The van der Waals surface area contributed by atoms with Gasteiger partial charge in [-0.15, -0.1) is 0 Å². The monoisotopic (exact) mass is 433 g/mol. The Labute approximate surface area is 187 Å². The molecule has 8 nitrogen and oxygen atoms in total. The van der Waals surface area contributed by atoms with Gasteiger partial charge in [-0.25, -0.2) is 4.98 Å². The van der Waals surface area contributed by atoms with Crippen LogP contribution in [0.3, 0.4) is 0 Å². The maximum atomic E-state index is 12.6. The molecule has 0 bridgehead atoms. The molecule has 1 aromatic carbocycles. The highest BCUT2D eigenvalue weighted by Crippen LogP contribution is 2.35. The van der Waals surface area contributed by atoms with E-state index < -0.39 is 0 Å². The van der Waals surface area contributed by atoms with Crippen molar-refractivity contribution in [2.75, 3.05) is 58.3 Å². The van der Waals surface area contributed by atoms with Crippen molar-refractivity contribution in [2.45, 2.75) is 6.42 Å². The Balaban J connectivity index is 1.58. The average Bonchev–Trinajstić information content (AvgIpc) is 3.35. The van der Waals surface area contributed by atoms with Gasteiger partial charge in [0.15, 0.2) is 5.76 Å². The lowest BCUT2D eigenvalue weighted by molar-refractivity contribution is 0.0714. The number of para-hydroxylation sites is 1. The fourth-order valence-corrected chi connectivity index (χ4v) is 3.95. The quantitative estimate of drug-likeness (QED) is 0.530. The van der Waals surface area contributed by atoms with Gasteiger partial charge < -0.3 is 23.9 Å². The molecular weight excluding hydrogens is 406 g/mol. The largest absolute Gasteiger partial charge is 0.477 e. The summed E-state index contributed by atoms with van der Waals surface area (Å²) in [6.45, 7) is 3.68. The van der Waals surface area contributed by atoms with Gasteiger partial charge in [-0.2, -0.15) is 5.26 Å². The van der Waals surface area contributed by atoms with E-state index in [1.807, 2.05) is 38.4 Å². The van der Waals surface area contributed by atoms with Gasteiger partial charge in [-0.3, -0.25) is 4.79 Å². The number of carbonyl (C=O) groups is 1. The molecular formula is C24H27N5O3. The molecule has 32 heavy (non-hydrogen) atoms. The number of amides is 1. The van der Waals surface area contributed by atoms with E-state index in [2.05, 4.69) is 20.9 Å². The summed E-state index contributed by atoms with van der Waals surface area (Å²) in [5.41, 5.74) is 2.06. The summed E-state index contributed by atoms with van der Waals surface area (Å²) in [7, 11) is 4.03. The van der Waals surface area contributed by atoms with Gasteiger partial charge in [-0.1, -0.05) is 18.2 Å². The number of hydrogen-bond acceptors (Lipinski definition) is 7. The highest BCUT2D eigenvalue weighted by Gasteiger charge is 2.27. The maximum Gasteiger partial charge on any atom is 0.289 e. The molecule has 3 aromatic rings. The van der Waals surface area contributed by atoms with E-state index in [4.69, 9.17) is 9.15 Å². The fraction of sp³-hybridized carbons (Fsp3) is 0.375. The first-order valence-electron chi connectivity index (χ1n) is 10.8. The Morgan fingerprint density at radius 3 is 2.66 bits per heavy atom. The number of aromatic nitrogens is 1. The number of hydrogen-bond donors (Lipinski definition) is 0. The van der Waals surface area contributed by atoms with E-state index in [1.54, 1.807) is 17.0 Å². The average molecular weight is 434 g/mol. The first kappa shape index (κ1) is 21.7. The lowest BCUT2D eigenvalue weighted by Gasteiger charge is -2.36. The third-order valence-electron chi connectivity index (χ3n) is 5.55. The second-order valence-electron chi connectivity index (χ2n) is 8.03. The van der Waals surface area contributed by atoms with Crippen LogP contribution in [0.4, 0.5) is 5.69 Å². The third kappa shape index (κ3) is 4.53. The Hall–Kier alpha value is -3.57. The van der Waals surface area contributed by atoms with Crippen molar-refractivity contribution >= 4 is 22.5 Å². The Morgan fingerprint density at radius 2 is 1.97 bits per heavy atom. The lowest BCUT2D eigenvalue weighted by atomic mass is 10.1. The van der Waals surface area contributed by atoms with Crippen molar-refractivity contribution in [2.24, 2.45) is 0 Å². The molecule has 0 radical (unpaired) electrons. The molecule has 1 aliphatic rings. The number of piperazine rings is 1. The van der Waals surface area contributed by atoms with Crippen LogP contribution in [0, 0.1) is 11.3 Å². The molecule has 166 valence electrons. The van der Waals surface area contributed by atoms with Crippen LogP contribution in [-0.4, -0.2) is 74.1 Å². The van der Waals surface area contributed by atoms with E-state index in [1.165, 1.54) is 6.26 Å². The minimum atomic E-state index is -0.111. The zero-order valence-electron chi connectivity index (χ0n) is 18.5. The molecule has 3 heterocycles. The number of fused-ring (bicyclic) bond motifs is 1. The number of rotatable bonds is 7. The predicted molar refractivity (Wildman–Crippen MR) is 122 cm³/mol. The van der Waals surface area contributed by atoms with Gasteiger partial charge in [0.25, 0.3) is 5.91 Å². The van der Waals surface area contributed by atoms with E-state index in [0.29, 0.717) is 50.0 Å². The molecule has 0 atom stereocenters. The normalized spacial score (nSPS) is 14.1. The summed E-state index contributed by atoms with van der Waals surface area (Å²) in [5.74, 6) is 0.604. The summed E-state index contributed by atoms with van der Waals surface area (Å²) in [6, 6.07) is 13.5. The SMILES string of the molecule is CN(C)CCCOc1nc2ccccc2c(N2CCN(C(=O)c3ccco3)CC2)c1C#N. The smallest absolute Gasteiger partial charge is 0.289 e. The van der Waals surface area contributed by atoms with Crippen LogP contribution in [0.25, 0.3) is 10.9 Å². The van der Waals surface area contributed by atoms with Gasteiger partial charge in [0.1, 0.15) is 11.6 Å². The third-order valence-corrected chi connectivity index (χ3v) is 5.55. The number of nitrogens with zero attached hydrogens (tertiary/aromatic N) is 5. The van der Waals surface area contributed by atoms with Crippen molar-refractivity contribution in [3.8, 4) is 11.9 Å². The van der Waals surface area contributed by atoms with Gasteiger partial charge in [-0.05, 0) is 38.7 Å². The number of benzene rings is 1. The van der Waals surface area contributed by atoms with E-state index in [-0.39, 0.29) is 5.91 Å². The maximum absolute atomic E-state index is 12.6. The van der Waals surface area contributed by atoms with Crippen molar-refractivity contribution < 1.29 is 13.9 Å². The number of nitriles is 1. The molecule has 0 N–H and O–H groups in total. The molecule has 1 saturated heterocycles. The molecule has 8 heteroatoms. The van der Waals surface area contributed by atoms with Gasteiger partial charge >= 0.3 is 0 Å². The minimum absolute atomic E-state index is 0.111. The summed E-state index contributed by atoms with van der Waals surface area (Å²) in [4.78, 5) is 23.3. The Bertz CT molecular complexity index is 1110. The first-order valence-corrected chi connectivity index (χ1v) is 10.8. The van der Waals surface area contributed by atoms with Crippen LogP contribution >= 0.6 is 0 Å². The summed E-state index contributed by atoms with van der Waals surface area (Å²) >= 11 is 0. The molecule has 0 saturated carbocycles. The minimum Gasteiger partial charge on any atom is -0.477 e.